The van der Waals surface area contributed by atoms with Crippen LogP contribution in [0.15, 0.2) is 49.1 Å². The highest BCUT2D eigenvalue weighted by atomic mass is 16.6. The number of hydrogen-bond acceptors (Lipinski definition) is 6. The van der Waals surface area contributed by atoms with E-state index < -0.39 is 10.8 Å². The number of hydrogen-bond donors (Lipinski definition) is 1. The molecule has 0 radical (unpaired) electrons. The molecule has 0 unspecified atom stereocenters. The number of carbonyl (C=O) groups excluding carboxylic acids is 1. The summed E-state index contributed by atoms with van der Waals surface area (Å²) >= 11 is 0. The Morgan fingerprint density at radius 3 is 2.67 bits per heavy atom. The smallest absolute Gasteiger partial charge is 0.276 e. The summed E-state index contributed by atoms with van der Waals surface area (Å²) in [5.41, 5.74) is 1.17. The monoisotopic (exact) mass is 324 g/mol. The van der Waals surface area contributed by atoms with E-state index in [1.54, 1.807) is 42.3 Å². The first-order valence-corrected chi connectivity index (χ1v) is 6.93. The van der Waals surface area contributed by atoms with Crippen LogP contribution in [0.1, 0.15) is 16.1 Å². The van der Waals surface area contributed by atoms with Crippen LogP contribution in [-0.4, -0.2) is 30.6 Å². The minimum absolute atomic E-state index is 0.0324. The number of nitro benzene ring substituents is 1. The van der Waals surface area contributed by atoms with Gasteiger partial charge in [0, 0.05) is 30.2 Å². The van der Waals surface area contributed by atoms with Gasteiger partial charge in [-0.1, -0.05) is 0 Å². The molecule has 0 aliphatic carbocycles. The standard InChI is InChI=1S/C15H12N6O3/c1-10-8-11(21(23)24)2-3-12(10)17-15(22)13-4-5-14(19-18-13)20-7-6-16-9-20/h2-9H,1H3,(H,17,22). The van der Waals surface area contributed by atoms with Crippen LogP contribution >= 0.6 is 0 Å². The van der Waals surface area contributed by atoms with Crippen molar-refractivity contribution < 1.29 is 9.72 Å². The maximum absolute atomic E-state index is 12.2. The maximum atomic E-state index is 12.2. The van der Waals surface area contributed by atoms with E-state index in [-0.39, 0.29) is 11.4 Å². The van der Waals surface area contributed by atoms with E-state index in [1.165, 1.54) is 18.2 Å². The molecule has 9 heteroatoms. The summed E-state index contributed by atoms with van der Waals surface area (Å²) < 4.78 is 1.66. The van der Waals surface area contributed by atoms with Gasteiger partial charge in [0.2, 0.25) is 0 Å². The van der Waals surface area contributed by atoms with E-state index in [4.69, 9.17) is 0 Å². The quantitative estimate of drug-likeness (QED) is 0.580. The summed E-state index contributed by atoms with van der Waals surface area (Å²) in [6.07, 6.45) is 4.90. The first kappa shape index (κ1) is 15.3. The SMILES string of the molecule is Cc1cc([N+](=O)[O-])ccc1NC(=O)c1ccc(-n2ccnc2)nn1. The Kier molecular flexibility index (Phi) is 3.98. The van der Waals surface area contributed by atoms with Crippen molar-refractivity contribution in [2.45, 2.75) is 6.92 Å². The average molecular weight is 324 g/mol. The third-order valence-corrected chi connectivity index (χ3v) is 3.32. The molecule has 1 amide bonds. The molecule has 9 nitrogen and oxygen atoms in total. The van der Waals surface area contributed by atoms with E-state index >= 15 is 0 Å². The van der Waals surface area contributed by atoms with Crippen LogP contribution in [0.2, 0.25) is 0 Å². The van der Waals surface area contributed by atoms with Crippen LogP contribution < -0.4 is 5.32 Å². The summed E-state index contributed by atoms with van der Waals surface area (Å²) in [6, 6.07) is 7.39. The Hall–Kier alpha value is -3.62. The third kappa shape index (κ3) is 3.09. The molecule has 0 bridgehead atoms. The second kappa shape index (κ2) is 6.24. The number of non-ortho nitro benzene ring substituents is 1. The van der Waals surface area contributed by atoms with Crippen LogP contribution in [0.3, 0.4) is 0 Å². The van der Waals surface area contributed by atoms with Crippen molar-refractivity contribution in [3.63, 3.8) is 0 Å². The van der Waals surface area contributed by atoms with Gasteiger partial charge in [-0.3, -0.25) is 19.5 Å². The summed E-state index contributed by atoms with van der Waals surface area (Å²) in [5, 5.41) is 21.2. The molecule has 1 N–H and O–H groups in total. The van der Waals surface area contributed by atoms with Gasteiger partial charge in [-0.25, -0.2) is 4.98 Å². The molecule has 0 spiro atoms. The molecular weight excluding hydrogens is 312 g/mol. The molecule has 0 atom stereocenters. The fourth-order valence-electron chi connectivity index (χ4n) is 2.07. The van der Waals surface area contributed by atoms with Gasteiger partial charge in [-0.15, -0.1) is 10.2 Å². The van der Waals surface area contributed by atoms with E-state index in [0.717, 1.165) is 0 Å². The van der Waals surface area contributed by atoms with Gasteiger partial charge in [0.15, 0.2) is 11.5 Å². The number of amides is 1. The molecule has 2 heterocycles. The largest absolute Gasteiger partial charge is 0.320 e. The van der Waals surface area contributed by atoms with Crippen LogP contribution in [-0.2, 0) is 0 Å². The molecule has 0 aliphatic heterocycles. The summed E-state index contributed by atoms with van der Waals surface area (Å²) in [6.45, 7) is 1.68. The lowest BCUT2D eigenvalue weighted by Gasteiger charge is -2.08. The predicted octanol–water partition coefficient (Wildman–Crippen LogP) is 2.13. The lowest BCUT2D eigenvalue weighted by Crippen LogP contribution is -2.15. The molecule has 0 aliphatic rings. The topological polar surface area (TPSA) is 116 Å². The van der Waals surface area contributed by atoms with Gasteiger partial charge in [-0.05, 0) is 30.7 Å². The lowest BCUT2D eigenvalue weighted by atomic mass is 10.1. The van der Waals surface area contributed by atoms with Gasteiger partial charge in [0.1, 0.15) is 6.33 Å². The molecule has 3 aromatic rings. The van der Waals surface area contributed by atoms with Crippen molar-refractivity contribution in [1.29, 1.82) is 0 Å². The summed E-state index contributed by atoms with van der Waals surface area (Å²) in [5.74, 6) is 0.0900. The second-order valence-electron chi connectivity index (χ2n) is 4.96. The Morgan fingerprint density at radius 1 is 1.25 bits per heavy atom. The van der Waals surface area contributed by atoms with Gasteiger partial charge < -0.3 is 5.32 Å². The predicted molar refractivity (Wildman–Crippen MR) is 84.9 cm³/mol. The third-order valence-electron chi connectivity index (χ3n) is 3.32. The highest BCUT2D eigenvalue weighted by Crippen LogP contribution is 2.21. The normalized spacial score (nSPS) is 10.4. The molecule has 0 saturated carbocycles. The van der Waals surface area contributed by atoms with Gasteiger partial charge in [0.25, 0.3) is 11.6 Å². The van der Waals surface area contributed by atoms with Crippen LogP contribution in [0.5, 0.6) is 0 Å². The zero-order chi connectivity index (χ0) is 17.1. The summed E-state index contributed by atoms with van der Waals surface area (Å²) in [7, 11) is 0. The number of rotatable bonds is 4. The molecule has 120 valence electrons. The fraction of sp³-hybridized carbons (Fsp3) is 0.0667. The first-order valence-electron chi connectivity index (χ1n) is 6.93. The Labute approximate surface area is 136 Å². The zero-order valence-corrected chi connectivity index (χ0v) is 12.6. The number of nitrogens with one attached hydrogen (secondary N) is 1. The van der Waals surface area contributed by atoms with E-state index in [0.29, 0.717) is 17.1 Å². The number of carbonyl (C=O) groups is 1. The minimum Gasteiger partial charge on any atom is -0.320 e. The average Bonchev–Trinajstić information content (AvgIpc) is 3.11. The van der Waals surface area contributed by atoms with Crippen molar-refractivity contribution in [1.82, 2.24) is 19.7 Å². The molecule has 24 heavy (non-hydrogen) atoms. The zero-order valence-electron chi connectivity index (χ0n) is 12.6. The van der Waals surface area contributed by atoms with Crippen molar-refractivity contribution >= 4 is 17.3 Å². The van der Waals surface area contributed by atoms with Crippen LogP contribution in [0.4, 0.5) is 11.4 Å². The number of nitrogens with zero attached hydrogens (tertiary/aromatic N) is 5. The minimum atomic E-state index is -0.487. The molecular formula is C15H12N6O3. The van der Waals surface area contributed by atoms with E-state index in [2.05, 4.69) is 20.5 Å². The number of aromatic nitrogens is 4. The van der Waals surface area contributed by atoms with Crippen LogP contribution in [0, 0.1) is 17.0 Å². The van der Waals surface area contributed by atoms with E-state index in [9.17, 15) is 14.9 Å². The van der Waals surface area contributed by atoms with Crippen molar-refractivity contribution in [3.05, 3.63) is 70.4 Å². The van der Waals surface area contributed by atoms with Gasteiger partial charge >= 0.3 is 0 Å². The van der Waals surface area contributed by atoms with E-state index in [1.807, 2.05) is 0 Å². The van der Waals surface area contributed by atoms with Crippen molar-refractivity contribution in [2.24, 2.45) is 0 Å². The summed E-state index contributed by atoms with van der Waals surface area (Å²) in [4.78, 5) is 26.4. The Balaban J connectivity index is 1.76. The molecule has 1 aromatic carbocycles. The Morgan fingerprint density at radius 2 is 2.08 bits per heavy atom. The number of imidazole rings is 1. The number of aryl methyl sites for hydroxylation is 1. The van der Waals surface area contributed by atoms with Crippen LogP contribution in [0.25, 0.3) is 5.82 Å². The number of nitro groups is 1. The number of benzene rings is 1. The second-order valence-corrected chi connectivity index (χ2v) is 4.96. The van der Waals surface area contributed by atoms with Gasteiger partial charge in [0.05, 0.1) is 4.92 Å². The highest BCUT2D eigenvalue weighted by Gasteiger charge is 2.13. The molecule has 0 fully saturated rings. The highest BCUT2D eigenvalue weighted by molar-refractivity contribution is 6.03. The number of anilines is 1. The first-order chi connectivity index (χ1) is 11.5. The Bertz CT molecular complexity index is 890. The maximum Gasteiger partial charge on any atom is 0.276 e. The van der Waals surface area contributed by atoms with Crippen molar-refractivity contribution in [3.8, 4) is 5.82 Å². The lowest BCUT2D eigenvalue weighted by molar-refractivity contribution is -0.384. The molecule has 3 rings (SSSR count). The molecule has 2 aromatic heterocycles. The molecule has 0 saturated heterocycles. The fourth-order valence-corrected chi connectivity index (χ4v) is 2.07. The van der Waals surface area contributed by atoms with Crippen molar-refractivity contribution in [2.75, 3.05) is 5.32 Å². The van der Waals surface area contributed by atoms with Gasteiger partial charge in [-0.2, -0.15) is 0 Å².